The van der Waals surface area contributed by atoms with Crippen molar-refractivity contribution >= 4 is 61.8 Å². The summed E-state index contributed by atoms with van der Waals surface area (Å²) >= 11 is 0. The molecule has 0 fully saturated rings. The third-order valence-electron chi connectivity index (χ3n) is 11.3. The average molecular weight is 965 g/mol. The molecule has 344 valence electrons. The minimum absolute atomic E-state index is 0.0219. The molecule has 0 aliphatic carbocycles. The molecular formula is C47H37B2F15Si2. The van der Waals surface area contributed by atoms with Crippen molar-refractivity contribution in [2.24, 2.45) is 0 Å². The first kappa shape index (κ1) is 50.0. The van der Waals surface area contributed by atoms with Gasteiger partial charge in [0.15, 0.2) is 81.4 Å². The highest BCUT2D eigenvalue weighted by atomic mass is 28.3. The fourth-order valence-electron chi connectivity index (χ4n) is 8.44. The summed E-state index contributed by atoms with van der Waals surface area (Å²) in [6.07, 6.45) is 0.724. The van der Waals surface area contributed by atoms with E-state index in [9.17, 15) is 13.2 Å². The van der Waals surface area contributed by atoms with E-state index < -0.39 is 144 Å². The van der Waals surface area contributed by atoms with E-state index in [1.807, 2.05) is 0 Å². The molecule has 0 heterocycles. The summed E-state index contributed by atoms with van der Waals surface area (Å²) in [6.45, 7) is 6.42. The van der Waals surface area contributed by atoms with Gasteiger partial charge in [-0.15, -0.1) is 11.4 Å². The van der Waals surface area contributed by atoms with Crippen LogP contribution in [0.4, 0.5) is 65.9 Å². The maximum absolute atomic E-state index is 16.9. The van der Waals surface area contributed by atoms with Crippen molar-refractivity contribution in [3.8, 4) is 22.3 Å². The van der Waals surface area contributed by atoms with Gasteiger partial charge in [0.25, 0.3) is 0 Å². The van der Waals surface area contributed by atoms with Gasteiger partial charge in [-0.2, -0.15) is 0 Å². The highest BCUT2D eigenvalue weighted by Gasteiger charge is 2.48. The van der Waals surface area contributed by atoms with Crippen molar-refractivity contribution < 1.29 is 65.9 Å². The third kappa shape index (κ3) is 8.56. The van der Waals surface area contributed by atoms with Gasteiger partial charge in [-0.1, -0.05) is 135 Å². The molecule has 0 saturated carbocycles. The van der Waals surface area contributed by atoms with E-state index in [2.05, 4.69) is 0 Å². The van der Waals surface area contributed by atoms with E-state index in [1.165, 1.54) is 37.3 Å². The van der Waals surface area contributed by atoms with Crippen molar-refractivity contribution in [2.75, 3.05) is 0 Å². The summed E-state index contributed by atoms with van der Waals surface area (Å²) in [5.41, 5.74) is -6.17. The molecule has 0 bridgehead atoms. The van der Waals surface area contributed by atoms with Crippen molar-refractivity contribution in [3.05, 3.63) is 165 Å². The Morgan fingerprint density at radius 2 is 0.818 bits per heavy atom. The Morgan fingerprint density at radius 1 is 0.439 bits per heavy atom. The summed E-state index contributed by atoms with van der Waals surface area (Å²) in [5.74, 6) is -39.0. The van der Waals surface area contributed by atoms with Crippen molar-refractivity contribution in [1.82, 2.24) is 0 Å². The topological polar surface area (TPSA) is 0 Å². The van der Waals surface area contributed by atoms with Crippen LogP contribution in [-0.2, 0) is 0 Å². The largest absolute Gasteiger partial charge is 0.245 e. The summed E-state index contributed by atoms with van der Waals surface area (Å²) < 4.78 is 237. The maximum Gasteiger partial charge on any atom is 0.245 e. The maximum atomic E-state index is 16.9. The second-order valence-electron chi connectivity index (χ2n) is 17.7. The standard InChI is InChI=1S/C47H37B2F15Si2/c1-8-9-20-26(49(30-34(52)40(58)45(63)41(59)35(30)53)31-36(54)42(60)46(64)43(61)37(31)55)48(23-18-14-11-15-19-23)29-25(65(2,3)4)21-24(22-16-12-10-13-17-22)47(66(5,6)7)27(29)28-32(50)38(56)44(62)39(57)33(28)51/h10-21H,8-9H2,1-7H3/b26-20+. The van der Waals surface area contributed by atoms with Gasteiger partial charge in [-0.3, -0.25) is 0 Å². The summed E-state index contributed by atoms with van der Waals surface area (Å²) in [6, 6.07) is 16.4. The lowest BCUT2D eigenvalue weighted by molar-refractivity contribution is 0.381. The molecule has 66 heavy (non-hydrogen) atoms. The monoisotopic (exact) mass is 964 g/mol. The number of rotatable bonds is 12. The Kier molecular flexibility index (Phi) is 14.2. The molecule has 0 nitrogen and oxygen atoms in total. The zero-order valence-corrected chi connectivity index (χ0v) is 38.2. The number of unbranched alkanes of at least 4 members (excludes halogenated alkanes) is 1. The Balaban J connectivity index is 2.04. The molecule has 0 spiro atoms. The second kappa shape index (κ2) is 18.7. The van der Waals surface area contributed by atoms with Crippen molar-refractivity contribution in [2.45, 2.75) is 59.0 Å². The van der Waals surface area contributed by atoms with Crippen LogP contribution in [0.2, 0.25) is 39.3 Å². The molecule has 0 aliphatic rings. The Hall–Kier alpha value is -5.43. The summed E-state index contributed by atoms with van der Waals surface area (Å²) in [5, 5.41) is -0.700. The molecule has 0 amide bonds. The number of hydrogen-bond donors (Lipinski definition) is 0. The molecule has 19 heteroatoms. The SMILES string of the molecule is CCC/C=C(/B(c1c(F)c(F)c(F)c(F)c1F)c1c(F)c(F)c(F)c(F)c1F)B(c1ccccc1)c1c([Si](C)(C)C)cc(-c2ccccc2)c([Si](C)(C)C)c1-c1c(F)c(F)c(F)c(F)c1F. The molecule has 0 radical (unpaired) electrons. The predicted octanol–water partition coefficient (Wildman–Crippen LogP) is 10.9. The normalized spacial score (nSPS) is 12.3. The van der Waals surface area contributed by atoms with Crippen LogP contribution >= 0.6 is 0 Å². The number of hydrogen-bond acceptors (Lipinski definition) is 0. The average Bonchev–Trinajstić information content (AvgIpc) is 3.28. The lowest BCUT2D eigenvalue weighted by Gasteiger charge is -2.37. The van der Waals surface area contributed by atoms with Crippen LogP contribution in [0.3, 0.4) is 0 Å². The highest BCUT2D eigenvalue weighted by Crippen LogP contribution is 2.36. The molecule has 0 unspecified atom stereocenters. The molecule has 6 aromatic carbocycles. The minimum Gasteiger partial charge on any atom is -0.204 e. The molecule has 0 saturated heterocycles. The van der Waals surface area contributed by atoms with Gasteiger partial charge in [0.2, 0.25) is 19.2 Å². The highest BCUT2D eigenvalue weighted by molar-refractivity contribution is 7.12. The zero-order valence-electron chi connectivity index (χ0n) is 36.2. The van der Waals surface area contributed by atoms with Gasteiger partial charge < -0.3 is 0 Å². The van der Waals surface area contributed by atoms with E-state index in [0.717, 1.165) is 6.08 Å². The van der Waals surface area contributed by atoms with E-state index in [0.29, 0.717) is 5.56 Å². The lowest BCUT2D eigenvalue weighted by Crippen LogP contribution is -2.65. The van der Waals surface area contributed by atoms with Crippen LogP contribution in [0.25, 0.3) is 22.3 Å². The van der Waals surface area contributed by atoms with E-state index in [1.54, 1.807) is 75.7 Å². The Morgan fingerprint density at radius 3 is 1.20 bits per heavy atom. The smallest absolute Gasteiger partial charge is 0.204 e. The van der Waals surface area contributed by atoms with E-state index in [4.69, 9.17) is 0 Å². The van der Waals surface area contributed by atoms with Gasteiger partial charge in [0.05, 0.1) is 21.7 Å². The quantitative estimate of drug-likeness (QED) is 0.0496. The number of allylic oxidation sites excluding steroid dienone is 1. The molecular weight excluding hydrogens is 927 g/mol. The van der Waals surface area contributed by atoms with Crippen molar-refractivity contribution in [1.29, 1.82) is 0 Å². The van der Waals surface area contributed by atoms with Crippen LogP contribution in [0.1, 0.15) is 19.8 Å². The first-order valence-electron chi connectivity index (χ1n) is 20.4. The minimum atomic E-state index is -3.33. The van der Waals surface area contributed by atoms with Gasteiger partial charge >= 0.3 is 0 Å². The number of halogens is 15. The first-order chi connectivity index (χ1) is 30.8. The Labute approximate surface area is 373 Å². The van der Waals surface area contributed by atoms with E-state index >= 15 is 52.7 Å². The van der Waals surface area contributed by atoms with Crippen LogP contribution in [0.5, 0.6) is 0 Å². The number of benzene rings is 6. The first-order valence-corrected chi connectivity index (χ1v) is 27.4. The molecule has 6 rings (SSSR count). The molecule has 0 N–H and O–H groups in total. The van der Waals surface area contributed by atoms with E-state index in [-0.39, 0.29) is 39.7 Å². The molecule has 6 aromatic rings. The van der Waals surface area contributed by atoms with Crippen LogP contribution in [-0.4, -0.2) is 29.6 Å². The molecule has 0 atom stereocenters. The van der Waals surface area contributed by atoms with Crippen LogP contribution < -0.4 is 32.2 Å². The summed E-state index contributed by atoms with van der Waals surface area (Å²) in [4.78, 5) is 0. The zero-order chi connectivity index (χ0) is 49.1. The fraction of sp³-hybridized carbons (Fsp3) is 0.191. The third-order valence-corrected chi connectivity index (χ3v) is 15.3. The van der Waals surface area contributed by atoms with Crippen molar-refractivity contribution in [3.63, 3.8) is 0 Å². The van der Waals surface area contributed by atoms with Gasteiger partial charge in [-0.25, -0.2) is 65.9 Å². The molecule has 0 aliphatic heterocycles. The lowest BCUT2D eigenvalue weighted by atomic mass is 9.18. The van der Waals surface area contributed by atoms with Gasteiger partial charge in [-0.05, 0) is 28.3 Å². The summed E-state index contributed by atoms with van der Waals surface area (Å²) in [7, 11) is -6.61. The van der Waals surface area contributed by atoms with Crippen LogP contribution in [0.15, 0.2) is 78.2 Å². The predicted molar refractivity (Wildman–Crippen MR) is 235 cm³/mol. The second-order valence-corrected chi connectivity index (χ2v) is 27.7. The Bertz CT molecular complexity index is 2760. The van der Waals surface area contributed by atoms with Crippen LogP contribution in [0, 0.1) is 87.3 Å². The van der Waals surface area contributed by atoms with Gasteiger partial charge in [0, 0.05) is 10.9 Å². The molecule has 0 aromatic heterocycles. The fourth-order valence-corrected chi connectivity index (χ4v) is 12.1. The van der Waals surface area contributed by atoms with Gasteiger partial charge in [0.1, 0.15) is 0 Å².